The number of fused-ring (bicyclic) bond motifs is 1. The number of nitrogens with one attached hydrogen (secondary N) is 1. The molecule has 2 aromatic carbocycles. The summed E-state index contributed by atoms with van der Waals surface area (Å²) < 4.78 is 102. The molecule has 0 aliphatic carbocycles. The minimum atomic E-state index is -3.37. The maximum atomic E-state index is 14.6. The Balaban J connectivity index is 1.53. The van der Waals surface area contributed by atoms with Gasteiger partial charge in [0, 0.05) is 29.5 Å². The molecular formula is C26H23F2N3O2. The quantitative estimate of drug-likeness (QED) is 0.621. The molecule has 7 heteroatoms. The van der Waals surface area contributed by atoms with Gasteiger partial charge in [0.15, 0.2) is 0 Å². The van der Waals surface area contributed by atoms with Gasteiger partial charge in [0.05, 0.1) is 29.9 Å². The van der Waals surface area contributed by atoms with Crippen LogP contribution >= 0.6 is 0 Å². The number of benzene rings is 2. The van der Waals surface area contributed by atoms with Crippen LogP contribution in [-0.2, 0) is 6.42 Å². The van der Waals surface area contributed by atoms with E-state index >= 15 is 0 Å². The number of likely N-dealkylation sites (tertiary alicyclic amines) is 1. The van der Waals surface area contributed by atoms with E-state index in [0.717, 1.165) is 12.1 Å². The summed E-state index contributed by atoms with van der Waals surface area (Å²) in [4.78, 5) is 30.2. The molecule has 2 aliphatic heterocycles. The third kappa shape index (κ3) is 3.88. The molecule has 168 valence electrons. The Hall–Kier alpha value is -3.61. The van der Waals surface area contributed by atoms with Crippen LogP contribution in [0, 0.1) is 11.6 Å². The maximum Gasteiger partial charge on any atom is 0.254 e. The Morgan fingerprint density at radius 1 is 1.15 bits per heavy atom. The Labute approximate surface area is 203 Å². The zero-order valence-electron chi connectivity index (χ0n) is 26.3. The van der Waals surface area contributed by atoms with Crippen LogP contribution in [0.2, 0.25) is 0 Å². The van der Waals surface area contributed by atoms with Crippen molar-refractivity contribution < 1.29 is 30.7 Å². The van der Waals surface area contributed by atoms with E-state index in [0.29, 0.717) is 5.56 Å². The SMILES string of the molecule is [2H]C1(C)NC(=O)c2c(Cc3ccc(C(=O)N4C([2H])([2H])C([2H])([2H])C([2H])([2H])C4([2H])[2H])cc3)cc(-c3c(F)cccc3F)nc21. The molecule has 1 fully saturated rings. The standard InChI is InChI=1S/C26H23F2N3O2/c1-15-24-22(25(32)29-15)18(14-21(30-24)23-19(27)5-4-6-20(23)28)13-16-7-9-17(10-8-16)26(33)31-11-2-3-12-31/h4-10,14-15H,2-3,11-13H2,1H3,(H,29,32)/i2D2,3D2,11D2,12D2,15D. The highest BCUT2D eigenvalue weighted by Gasteiger charge is 2.31. The highest BCUT2D eigenvalue weighted by atomic mass is 19.1. The first-order valence-corrected chi connectivity index (χ1v) is 10.0. The first-order chi connectivity index (χ1) is 19.3. The number of nitrogens with zero attached hydrogens (tertiary/aromatic N) is 2. The van der Waals surface area contributed by atoms with Crippen LogP contribution in [0.1, 0.15) is 75.6 Å². The van der Waals surface area contributed by atoms with Crippen molar-refractivity contribution in [2.24, 2.45) is 0 Å². The number of amides is 2. The van der Waals surface area contributed by atoms with Gasteiger partial charge in [0.2, 0.25) is 0 Å². The topological polar surface area (TPSA) is 62.3 Å². The van der Waals surface area contributed by atoms with Crippen molar-refractivity contribution in [1.29, 1.82) is 0 Å². The molecule has 2 aliphatic rings. The fourth-order valence-corrected chi connectivity index (χ4v) is 3.84. The molecule has 1 unspecified atom stereocenters. The fourth-order valence-electron chi connectivity index (χ4n) is 3.84. The van der Waals surface area contributed by atoms with Gasteiger partial charge in [-0.3, -0.25) is 9.59 Å². The van der Waals surface area contributed by atoms with E-state index in [9.17, 15) is 18.4 Å². The molecule has 1 atom stereocenters. The van der Waals surface area contributed by atoms with Crippen LogP contribution in [0.3, 0.4) is 0 Å². The largest absolute Gasteiger partial charge is 0.344 e. The monoisotopic (exact) mass is 456 g/mol. The van der Waals surface area contributed by atoms with Crippen molar-refractivity contribution in [3.63, 3.8) is 0 Å². The smallest absolute Gasteiger partial charge is 0.254 e. The molecule has 0 radical (unpaired) electrons. The lowest BCUT2D eigenvalue weighted by molar-refractivity contribution is 0.0792. The number of aromatic nitrogens is 1. The van der Waals surface area contributed by atoms with Gasteiger partial charge in [-0.2, -0.15) is 0 Å². The van der Waals surface area contributed by atoms with Gasteiger partial charge in [0.25, 0.3) is 11.8 Å². The van der Waals surface area contributed by atoms with Crippen LogP contribution in [0.4, 0.5) is 8.78 Å². The highest BCUT2D eigenvalue weighted by Crippen LogP contribution is 2.33. The fraction of sp³-hybridized carbons (Fsp3) is 0.269. The van der Waals surface area contributed by atoms with E-state index < -0.39 is 60.8 Å². The second kappa shape index (κ2) is 8.39. The summed E-state index contributed by atoms with van der Waals surface area (Å²) in [6, 6.07) is 8.16. The number of carbonyl (C=O) groups excluding carboxylic acids is 2. The van der Waals surface area contributed by atoms with Crippen LogP contribution in [0.15, 0.2) is 48.5 Å². The predicted octanol–water partition coefficient (Wildman–Crippen LogP) is 4.66. The molecule has 1 saturated heterocycles. The average molecular weight is 457 g/mol. The van der Waals surface area contributed by atoms with Crippen molar-refractivity contribution in [3.8, 4) is 11.3 Å². The lowest BCUT2D eigenvalue weighted by Crippen LogP contribution is -2.27. The molecule has 2 amide bonds. The molecule has 3 aromatic rings. The summed E-state index contributed by atoms with van der Waals surface area (Å²) in [7, 11) is 0. The number of carbonyl (C=O) groups is 2. The van der Waals surface area contributed by atoms with Crippen LogP contribution in [0.25, 0.3) is 11.3 Å². The van der Waals surface area contributed by atoms with Crippen LogP contribution in [0.5, 0.6) is 0 Å². The van der Waals surface area contributed by atoms with Crippen molar-refractivity contribution in [2.75, 3.05) is 13.0 Å². The molecular weight excluding hydrogens is 424 g/mol. The summed E-state index contributed by atoms with van der Waals surface area (Å²) in [5.74, 6) is -3.68. The average Bonchev–Trinajstić information content (AvgIpc) is 3.14. The zero-order chi connectivity index (χ0) is 31.2. The Morgan fingerprint density at radius 3 is 2.48 bits per heavy atom. The van der Waals surface area contributed by atoms with Crippen LogP contribution < -0.4 is 5.32 Å². The minimum Gasteiger partial charge on any atom is -0.344 e. The van der Waals surface area contributed by atoms with Crippen molar-refractivity contribution >= 4 is 11.8 Å². The highest BCUT2D eigenvalue weighted by molar-refractivity contribution is 6.00. The Kier molecular flexibility index (Phi) is 3.35. The predicted molar refractivity (Wildman–Crippen MR) is 120 cm³/mol. The van der Waals surface area contributed by atoms with E-state index in [1.165, 1.54) is 43.3 Å². The van der Waals surface area contributed by atoms with Gasteiger partial charge in [-0.15, -0.1) is 0 Å². The van der Waals surface area contributed by atoms with Gasteiger partial charge >= 0.3 is 0 Å². The summed E-state index contributed by atoms with van der Waals surface area (Å²) >= 11 is 0. The minimum absolute atomic E-state index is 0.0254. The molecule has 0 spiro atoms. The first kappa shape index (κ1) is 13.2. The van der Waals surface area contributed by atoms with Crippen LogP contribution in [-0.4, -0.2) is 34.7 Å². The van der Waals surface area contributed by atoms with Crippen molar-refractivity contribution in [2.45, 2.75) is 32.1 Å². The summed E-state index contributed by atoms with van der Waals surface area (Å²) in [6.45, 7) is -5.29. The van der Waals surface area contributed by atoms with Crippen molar-refractivity contribution in [1.82, 2.24) is 15.2 Å². The number of pyridine rings is 1. The van der Waals surface area contributed by atoms with Gasteiger partial charge in [0.1, 0.15) is 11.6 Å². The number of rotatable bonds is 4. The van der Waals surface area contributed by atoms with Gasteiger partial charge in [-0.05, 0) is 67.5 Å². The summed E-state index contributed by atoms with van der Waals surface area (Å²) in [5.41, 5.74) is -0.0732. The third-order valence-electron chi connectivity index (χ3n) is 5.40. The molecule has 0 saturated carbocycles. The molecule has 1 aromatic heterocycles. The Bertz CT molecular complexity index is 1600. The van der Waals surface area contributed by atoms with E-state index in [-0.39, 0.29) is 39.4 Å². The lowest BCUT2D eigenvalue weighted by atomic mass is 9.95. The van der Waals surface area contributed by atoms with E-state index in [1.54, 1.807) is 0 Å². The first-order valence-electron chi connectivity index (χ1n) is 14.5. The molecule has 1 N–H and O–H groups in total. The second-order valence-electron chi connectivity index (χ2n) is 7.55. The third-order valence-corrected chi connectivity index (χ3v) is 5.40. The van der Waals surface area contributed by atoms with Crippen molar-refractivity contribution in [3.05, 3.63) is 88.1 Å². The molecule has 5 rings (SSSR count). The lowest BCUT2D eigenvalue weighted by Gasteiger charge is -2.15. The maximum absolute atomic E-state index is 14.6. The molecule has 0 bridgehead atoms. The summed E-state index contributed by atoms with van der Waals surface area (Å²) in [6.07, 6.45) is -6.77. The van der Waals surface area contributed by atoms with Gasteiger partial charge < -0.3 is 10.2 Å². The molecule has 33 heavy (non-hydrogen) atoms. The van der Waals surface area contributed by atoms with E-state index in [1.807, 2.05) is 0 Å². The van der Waals surface area contributed by atoms with Gasteiger partial charge in [-0.25, -0.2) is 13.8 Å². The zero-order valence-corrected chi connectivity index (χ0v) is 17.3. The van der Waals surface area contributed by atoms with Gasteiger partial charge in [-0.1, -0.05) is 18.2 Å². The van der Waals surface area contributed by atoms with E-state index in [2.05, 4.69) is 10.3 Å². The Morgan fingerprint density at radius 2 is 1.82 bits per heavy atom. The molecule has 3 heterocycles. The number of halogens is 2. The second-order valence-corrected chi connectivity index (χ2v) is 7.55. The molecule has 5 nitrogen and oxygen atoms in total. The summed E-state index contributed by atoms with van der Waals surface area (Å²) in [5, 5.41) is 2.47. The number of hydrogen-bond acceptors (Lipinski definition) is 3. The van der Waals surface area contributed by atoms with E-state index in [4.69, 9.17) is 12.3 Å². The normalized spacial score (nSPS) is 29.6. The number of hydrogen-bond donors (Lipinski definition) is 1.